The molecule has 1 heterocycles. The number of thioether (sulfide) groups is 1. The molecule has 102 valence electrons. The molecule has 0 bridgehead atoms. The van der Waals surface area contributed by atoms with Crippen molar-refractivity contribution in [3.05, 3.63) is 0 Å². The number of rotatable bonds is 9. The van der Waals surface area contributed by atoms with Crippen LogP contribution in [0, 0.1) is 0 Å². The van der Waals surface area contributed by atoms with Gasteiger partial charge in [0, 0.05) is 31.6 Å². The maximum atomic E-state index is 8.66. The topological polar surface area (TPSA) is 41.5 Å². The standard InChI is InChI=1S/C13H27NO2S/c1-2-4-13-11-12(5-8-16-13)14-6-10-17-9-3-7-15/h12-15H,2-11H2,1H3. The molecule has 2 unspecified atom stereocenters. The van der Waals surface area contributed by atoms with Crippen LogP contribution in [0.25, 0.3) is 0 Å². The lowest BCUT2D eigenvalue weighted by Gasteiger charge is -2.30. The maximum absolute atomic E-state index is 8.66. The van der Waals surface area contributed by atoms with Gasteiger partial charge in [0.05, 0.1) is 6.10 Å². The van der Waals surface area contributed by atoms with E-state index in [9.17, 15) is 0 Å². The predicted octanol–water partition coefficient (Wildman–Crippen LogP) is 2.04. The van der Waals surface area contributed by atoms with Crippen LogP contribution in [-0.2, 0) is 4.74 Å². The van der Waals surface area contributed by atoms with Gasteiger partial charge in [-0.05, 0) is 31.4 Å². The summed E-state index contributed by atoms with van der Waals surface area (Å²) in [5.74, 6) is 2.22. The van der Waals surface area contributed by atoms with Crippen molar-refractivity contribution in [3.63, 3.8) is 0 Å². The van der Waals surface area contributed by atoms with Crippen LogP contribution >= 0.6 is 11.8 Å². The molecule has 0 aromatic carbocycles. The lowest BCUT2D eigenvalue weighted by atomic mass is 10.0. The van der Waals surface area contributed by atoms with Gasteiger partial charge < -0.3 is 15.2 Å². The minimum absolute atomic E-state index is 0.319. The van der Waals surface area contributed by atoms with E-state index in [1.54, 1.807) is 0 Å². The molecule has 1 rings (SSSR count). The Kier molecular flexibility index (Phi) is 9.16. The van der Waals surface area contributed by atoms with Gasteiger partial charge in [0.1, 0.15) is 0 Å². The third-order valence-corrected chi connectivity index (χ3v) is 4.17. The Labute approximate surface area is 110 Å². The van der Waals surface area contributed by atoms with Crippen LogP contribution in [0.1, 0.15) is 39.0 Å². The van der Waals surface area contributed by atoms with Crippen molar-refractivity contribution in [3.8, 4) is 0 Å². The van der Waals surface area contributed by atoms with E-state index in [1.807, 2.05) is 11.8 Å². The Hall–Kier alpha value is 0.230. The van der Waals surface area contributed by atoms with Crippen LogP contribution in [0.4, 0.5) is 0 Å². The minimum Gasteiger partial charge on any atom is -0.396 e. The van der Waals surface area contributed by atoms with E-state index in [0.717, 1.165) is 37.5 Å². The van der Waals surface area contributed by atoms with Crippen LogP contribution in [-0.4, -0.2) is 48.5 Å². The maximum Gasteiger partial charge on any atom is 0.0589 e. The summed E-state index contributed by atoms with van der Waals surface area (Å²) >= 11 is 1.92. The zero-order valence-electron chi connectivity index (χ0n) is 11.0. The van der Waals surface area contributed by atoms with Gasteiger partial charge in [-0.25, -0.2) is 0 Å². The summed E-state index contributed by atoms with van der Waals surface area (Å²) in [4.78, 5) is 0. The summed E-state index contributed by atoms with van der Waals surface area (Å²) in [6.07, 6.45) is 6.14. The molecule has 17 heavy (non-hydrogen) atoms. The highest BCUT2D eigenvalue weighted by atomic mass is 32.2. The first kappa shape index (κ1) is 15.3. The molecular formula is C13H27NO2S. The molecule has 3 nitrogen and oxygen atoms in total. The molecular weight excluding hydrogens is 234 g/mol. The average Bonchev–Trinajstić information content (AvgIpc) is 2.35. The normalized spacial score (nSPS) is 25.1. The number of ether oxygens (including phenoxy) is 1. The fraction of sp³-hybridized carbons (Fsp3) is 1.00. The van der Waals surface area contributed by atoms with Gasteiger partial charge in [-0.15, -0.1) is 0 Å². The number of nitrogens with one attached hydrogen (secondary N) is 1. The van der Waals surface area contributed by atoms with Gasteiger partial charge in [0.15, 0.2) is 0 Å². The molecule has 0 saturated carbocycles. The van der Waals surface area contributed by atoms with Gasteiger partial charge in [-0.2, -0.15) is 11.8 Å². The Bertz CT molecular complexity index is 179. The Morgan fingerprint density at radius 1 is 1.41 bits per heavy atom. The fourth-order valence-electron chi connectivity index (χ4n) is 2.19. The average molecular weight is 261 g/mol. The third kappa shape index (κ3) is 7.29. The summed E-state index contributed by atoms with van der Waals surface area (Å²) in [5.41, 5.74) is 0. The third-order valence-electron chi connectivity index (χ3n) is 3.10. The van der Waals surface area contributed by atoms with Crippen LogP contribution in [0.2, 0.25) is 0 Å². The number of hydrogen-bond acceptors (Lipinski definition) is 4. The second-order valence-corrected chi connectivity index (χ2v) is 5.87. The van der Waals surface area contributed by atoms with Crippen molar-refractivity contribution in [1.29, 1.82) is 0 Å². The molecule has 0 aliphatic carbocycles. The van der Waals surface area contributed by atoms with Crippen molar-refractivity contribution >= 4 is 11.8 Å². The zero-order valence-corrected chi connectivity index (χ0v) is 11.8. The van der Waals surface area contributed by atoms with Crippen molar-refractivity contribution in [2.75, 3.05) is 31.3 Å². The summed E-state index contributed by atoms with van der Waals surface area (Å²) in [6.45, 7) is 4.54. The number of aliphatic hydroxyl groups excluding tert-OH is 1. The molecule has 1 saturated heterocycles. The molecule has 0 spiro atoms. The molecule has 4 heteroatoms. The summed E-state index contributed by atoms with van der Waals surface area (Å²) < 4.78 is 5.74. The fourth-order valence-corrected chi connectivity index (χ4v) is 2.99. The molecule has 1 aliphatic heterocycles. The summed E-state index contributed by atoms with van der Waals surface area (Å²) in [6, 6.07) is 0.652. The van der Waals surface area contributed by atoms with Crippen molar-refractivity contribution < 1.29 is 9.84 Å². The molecule has 2 N–H and O–H groups in total. The van der Waals surface area contributed by atoms with E-state index >= 15 is 0 Å². The highest BCUT2D eigenvalue weighted by Gasteiger charge is 2.20. The molecule has 0 amide bonds. The summed E-state index contributed by atoms with van der Waals surface area (Å²) in [5, 5.41) is 12.3. The summed E-state index contributed by atoms with van der Waals surface area (Å²) in [7, 11) is 0. The van der Waals surface area contributed by atoms with Crippen LogP contribution in [0.15, 0.2) is 0 Å². The van der Waals surface area contributed by atoms with E-state index in [0.29, 0.717) is 18.8 Å². The lowest BCUT2D eigenvalue weighted by Crippen LogP contribution is -2.39. The molecule has 1 aliphatic rings. The molecule has 2 atom stereocenters. The Balaban J connectivity index is 1.98. The van der Waals surface area contributed by atoms with Gasteiger partial charge in [0.2, 0.25) is 0 Å². The SMILES string of the molecule is CCCC1CC(NCCSCCCO)CCO1. The second-order valence-electron chi connectivity index (χ2n) is 4.65. The van der Waals surface area contributed by atoms with E-state index in [-0.39, 0.29) is 0 Å². The first-order valence-electron chi connectivity index (χ1n) is 6.90. The van der Waals surface area contributed by atoms with E-state index in [4.69, 9.17) is 9.84 Å². The zero-order chi connectivity index (χ0) is 12.3. The van der Waals surface area contributed by atoms with Crippen molar-refractivity contribution in [1.82, 2.24) is 5.32 Å². The van der Waals surface area contributed by atoms with Gasteiger partial charge in [-0.1, -0.05) is 13.3 Å². The van der Waals surface area contributed by atoms with Crippen molar-refractivity contribution in [2.45, 2.75) is 51.2 Å². The Morgan fingerprint density at radius 3 is 3.06 bits per heavy atom. The largest absolute Gasteiger partial charge is 0.396 e. The van der Waals surface area contributed by atoms with E-state index in [1.165, 1.54) is 19.3 Å². The van der Waals surface area contributed by atoms with Gasteiger partial charge in [0.25, 0.3) is 0 Å². The lowest BCUT2D eigenvalue weighted by molar-refractivity contribution is -0.00277. The second kappa shape index (κ2) is 10.2. The predicted molar refractivity (Wildman–Crippen MR) is 74.7 cm³/mol. The van der Waals surface area contributed by atoms with E-state index < -0.39 is 0 Å². The monoisotopic (exact) mass is 261 g/mol. The van der Waals surface area contributed by atoms with Crippen LogP contribution in [0.3, 0.4) is 0 Å². The van der Waals surface area contributed by atoms with Gasteiger partial charge in [-0.3, -0.25) is 0 Å². The van der Waals surface area contributed by atoms with E-state index in [2.05, 4.69) is 12.2 Å². The smallest absolute Gasteiger partial charge is 0.0589 e. The molecule has 0 aromatic heterocycles. The highest BCUT2D eigenvalue weighted by Crippen LogP contribution is 2.17. The number of aliphatic hydroxyl groups is 1. The first-order valence-corrected chi connectivity index (χ1v) is 8.05. The first-order chi connectivity index (χ1) is 8.36. The quantitative estimate of drug-likeness (QED) is 0.623. The number of hydrogen-bond donors (Lipinski definition) is 2. The Morgan fingerprint density at radius 2 is 2.29 bits per heavy atom. The molecule has 0 aromatic rings. The van der Waals surface area contributed by atoms with Crippen LogP contribution in [0.5, 0.6) is 0 Å². The molecule has 1 fully saturated rings. The highest BCUT2D eigenvalue weighted by molar-refractivity contribution is 7.99. The molecule has 0 radical (unpaired) electrons. The van der Waals surface area contributed by atoms with Crippen LogP contribution < -0.4 is 5.32 Å². The van der Waals surface area contributed by atoms with Crippen molar-refractivity contribution in [2.24, 2.45) is 0 Å². The van der Waals surface area contributed by atoms with Gasteiger partial charge >= 0.3 is 0 Å². The minimum atomic E-state index is 0.319.